The van der Waals surface area contributed by atoms with Crippen molar-refractivity contribution < 1.29 is 14.3 Å². The maximum absolute atomic E-state index is 12.0. The lowest BCUT2D eigenvalue weighted by Gasteiger charge is -2.17. The molecular weight excluding hydrogens is 340 g/mol. The summed E-state index contributed by atoms with van der Waals surface area (Å²) < 4.78 is 5.56. The van der Waals surface area contributed by atoms with Gasteiger partial charge in [-0.15, -0.1) is 0 Å². The fourth-order valence-corrected chi connectivity index (χ4v) is 2.25. The maximum atomic E-state index is 12.0. The van der Waals surface area contributed by atoms with Gasteiger partial charge >= 0.3 is 0 Å². The van der Waals surface area contributed by atoms with Gasteiger partial charge < -0.3 is 15.0 Å². The Morgan fingerprint density at radius 2 is 1.76 bits per heavy atom. The van der Waals surface area contributed by atoms with Gasteiger partial charge in [0, 0.05) is 30.6 Å². The lowest BCUT2D eigenvalue weighted by Crippen LogP contribution is -2.34. The topological polar surface area (TPSA) is 58.6 Å². The molecule has 0 fully saturated rings. The normalized spacial score (nSPS) is 10.2. The summed E-state index contributed by atoms with van der Waals surface area (Å²) in [4.78, 5) is 25.5. The number of rotatable bonds is 8. The van der Waals surface area contributed by atoms with Gasteiger partial charge in [0.2, 0.25) is 5.91 Å². The molecule has 0 aliphatic rings. The summed E-state index contributed by atoms with van der Waals surface area (Å²) in [6.07, 6.45) is 0.246. The molecule has 2 aromatic rings. The van der Waals surface area contributed by atoms with Gasteiger partial charge in [-0.25, -0.2) is 0 Å². The van der Waals surface area contributed by atoms with Gasteiger partial charge in [-0.3, -0.25) is 9.59 Å². The molecule has 25 heavy (non-hydrogen) atoms. The van der Waals surface area contributed by atoms with E-state index in [-0.39, 0.29) is 18.2 Å². The van der Waals surface area contributed by atoms with E-state index in [1.807, 2.05) is 6.07 Å². The maximum Gasteiger partial charge on any atom is 0.251 e. The van der Waals surface area contributed by atoms with E-state index in [2.05, 4.69) is 5.32 Å². The monoisotopic (exact) mass is 360 g/mol. The fraction of sp³-hybridized carbons (Fsp3) is 0.263. The lowest BCUT2D eigenvalue weighted by atomic mass is 10.2. The third-order valence-corrected chi connectivity index (χ3v) is 3.85. The molecule has 0 saturated heterocycles. The van der Waals surface area contributed by atoms with Gasteiger partial charge in [-0.1, -0.05) is 29.8 Å². The first kappa shape index (κ1) is 18.8. The van der Waals surface area contributed by atoms with E-state index in [0.29, 0.717) is 36.0 Å². The van der Waals surface area contributed by atoms with E-state index in [1.54, 1.807) is 60.5 Å². The summed E-state index contributed by atoms with van der Waals surface area (Å²) in [5.74, 6) is 0.482. The van der Waals surface area contributed by atoms with Gasteiger partial charge in [-0.2, -0.15) is 0 Å². The Kier molecular flexibility index (Phi) is 7.29. The van der Waals surface area contributed by atoms with E-state index < -0.39 is 0 Å². The molecule has 0 aliphatic heterocycles. The first-order chi connectivity index (χ1) is 12.1. The number of amides is 2. The molecule has 0 heterocycles. The number of nitrogens with zero attached hydrogens (tertiary/aromatic N) is 1. The van der Waals surface area contributed by atoms with Crippen LogP contribution in [0.25, 0.3) is 0 Å². The summed E-state index contributed by atoms with van der Waals surface area (Å²) in [5.41, 5.74) is 0.583. The molecule has 0 bridgehead atoms. The highest BCUT2D eigenvalue weighted by molar-refractivity contribution is 6.30. The second-order valence-electron chi connectivity index (χ2n) is 5.49. The number of carbonyl (C=O) groups is 2. The molecular formula is C19H21ClN2O3. The van der Waals surface area contributed by atoms with Crippen molar-refractivity contribution in [3.8, 4) is 5.75 Å². The first-order valence-electron chi connectivity index (χ1n) is 8.02. The highest BCUT2D eigenvalue weighted by Crippen LogP contribution is 2.15. The molecule has 0 saturated carbocycles. The molecule has 2 amide bonds. The van der Waals surface area contributed by atoms with Gasteiger partial charge in [0.1, 0.15) is 12.4 Å². The van der Waals surface area contributed by atoms with Crippen LogP contribution in [0.15, 0.2) is 54.6 Å². The Hall–Kier alpha value is -2.53. The van der Waals surface area contributed by atoms with Crippen molar-refractivity contribution in [3.63, 3.8) is 0 Å². The van der Waals surface area contributed by atoms with Crippen LogP contribution in [0, 0.1) is 0 Å². The molecule has 5 nitrogen and oxygen atoms in total. The van der Waals surface area contributed by atoms with Crippen molar-refractivity contribution in [2.75, 3.05) is 26.7 Å². The zero-order valence-electron chi connectivity index (χ0n) is 14.1. The van der Waals surface area contributed by atoms with Crippen LogP contribution in [0.5, 0.6) is 5.75 Å². The van der Waals surface area contributed by atoms with Crippen LogP contribution in [0.2, 0.25) is 5.02 Å². The van der Waals surface area contributed by atoms with Crippen molar-refractivity contribution in [3.05, 3.63) is 65.2 Å². The zero-order chi connectivity index (χ0) is 18.1. The smallest absolute Gasteiger partial charge is 0.251 e. The molecule has 0 atom stereocenters. The number of benzene rings is 2. The summed E-state index contributed by atoms with van der Waals surface area (Å²) in [6.45, 7) is 1.16. The van der Waals surface area contributed by atoms with Gasteiger partial charge in [-0.05, 0) is 36.4 Å². The number of carbonyl (C=O) groups excluding carboxylic acids is 2. The fourth-order valence-electron chi connectivity index (χ4n) is 2.12. The first-order valence-corrected chi connectivity index (χ1v) is 8.39. The van der Waals surface area contributed by atoms with Gasteiger partial charge in [0.05, 0.1) is 6.54 Å². The minimum absolute atomic E-state index is 0.0481. The third-order valence-electron chi connectivity index (χ3n) is 3.60. The molecule has 6 heteroatoms. The van der Waals surface area contributed by atoms with Crippen LogP contribution in [-0.2, 0) is 4.79 Å². The van der Waals surface area contributed by atoms with E-state index >= 15 is 0 Å². The van der Waals surface area contributed by atoms with Crippen LogP contribution in [-0.4, -0.2) is 43.5 Å². The van der Waals surface area contributed by atoms with E-state index in [0.717, 1.165) is 0 Å². The Morgan fingerprint density at radius 1 is 1.08 bits per heavy atom. The molecule has 1 N–H and O–H groups in total. The Morgan fingerprint density at radius 3 is 2.44 bits per heavy atom. The van der Waals surface area contributed by atoms with E-state index in [4.69, 9.17) is 16.3 Å². The molecule has 0 aromatic heterocycles. The van der Waals surface area contributed by atoms with Crippen molar-refractivity contribution in [2.24, 2.45) is 0 Å². The van der Waals surface area contributed by atoms with Crippen LogP contribution in [0.3, 0.4) is 0 Å². The predicted molar refractivity (Wildman–Crippen MR) is 98.0 cm³/mol. The van der Waals surface area contributed by atoms with Gasteiger partial charge in [0.25, 0.3) is 5.91 Å². The summed E-state index contributed by atoms with van der Waals surface area (Å²) in [7, 11) is 1.71. The van der Waals surface area contributed by atoms with E-state index in [9.17, 15) is 9.59 Å². The van der Waals surface area contributed by atoms with Crippen LogP contribution >= 0.6 is 11.6 Å². The standard InChI is InChI=1S/C19H21ClN2O3/c1-22(13-14-25-17-9-7-16(20)8-10-17)18(23)11-12-21-19(24)15-5-3-2-4-6-15/h2-10H,11-14H2,1H3,(H,21,24). The van der Waals surface area contributed by atoms with Crippen molar-refractivity contribution in [1.82, 2.24) is 10.2 Å². The Balaban J connectivity index is 1.64. The second kappa shape index (κ2) is 9.69. The Bertz CT molecular complexity index is 690. The summed E-state index contributed by atoms with van der Waals surface area (Å²) in [6, 6.07) is 16.0. The van der Waals surface area contributed by atoms with Crippen LogP contribution in [0.4, 0.5) is 0 Å². The number of hydrogen-bond donors (Lipinski definition) is 1. The molecule has 0 unspecified atom stereocenters. The number of halogens is 1. The number of nitrogens with one attached hydrogen (secondary N) is 1. The average Bonchev–Trinajstić information content (AvgIpc) is 2.63. The second-order valence-corrected chi connectivity index (χ2v) is 5.93. The van der Waals surface area contributed by atoms with Crippen molar-refractivity contribution >= 4 is 23.4 Å². The van der Waals surface area contributed by atoms with Crippen LogP contribution in [0.1, 0.15) is 16.8 Å². The minimum Gasteiger partial charge on any atom is -0.492 e. The average molecular weight is 361 g/mol. The molecule has 2 rings (SSSR count). The zero-order valence-corrected chi connectivity index (χ0v) is 14.8. The largest absolute Gasteiger partial charge is 0.492 e. The quantitative estimate of drug-likeness (QED) is 0.787. The highest BCUT2D eigenvalue weighted by Gasteiger charge is 2.10. The van der Waals surface area contributed by atoms with Crippen molar-refractivity contribution in [1.29, 1.82) is 0 Å². The highest BCUT2D eigenvalue weighted by atomic mass is 35.5. The van der Waals surface area contributed by atoms with E-state index in [1.165, 1.54) is 0 Å². The molecule has 2 aromatic carbocycles. The molecule has 0 radical (unpaired) electrons. The molecule has 0 spiro atoms. The van der Waals surface area contributed by atoms with Crippen molar-refractivity contribution in [2.45, 2.75) is 6.42 Å². The number of hydrogen-bond acceptors (Lipinski definition) is 3. The summed E-state index contributed by atoms with van der Waals surface area (Å²) >= 11 is 5.81. The van der Waals surface area contributed by atoms with Crippen LogP contribution < -0.4 is 10.1 Å². The predicted octanol–water partition coefficient (Wildman–Crippen LogP) is 3.00. The number of likely N-dealkylation sites (N-methyl/N-ethyl adjacent to an activating group) is 1. The Labute approximate surface area is 152 Å². The minimum atomic E-state index is -0.179. The molecule has 0 aliphatic carbocycles. The lowest BCUT2D eigenvalue weighted by molar-refractivity contribution is -0.130. The van der Waals surface area contributed by atoms with Gasteiger partial charge in [0.15, 0.2) is 0 Å². The molecule has 132 valence electrons. The number of ether oxygens (including phenoxy) is 1. The SMILES string of the molecule is CN(CCOc1ccc(Cl)cc1)C(=O)CCNC(=O)c1ccccc1. The summed E-state index contributed by atoms with van der Waals surface area (Å²) in [5, 5.41) is 3.39. The third kappa shape index (κ3) is 6.47.